The van der Waals surface area contributed by atoms with Gasteiger partial charge in [0.05, 0.1) is 18.5 Å². The molecule has 0 saturated heterocycles. The molecule has 104 valence electrons. The highest BCUT2D eigenvalue weighted by molar-refractivity contribution is 7.17. The number of ether oxygens (including phenoxy) is 1. The Bertz CT molecular complexity index is 681. The second-order valence-electron chi connectivity index (χ2n) is 4.59. The lowest BCUT2D eigenvalue weighted by Crippen LogP contribution is -2.13. The first-order valence-electron chi connectivity index (χ1n) is 6.26. The Labute approximate surface area is 120 Å². The quantitative estimate of drug-likeness (QED) is 0.941. The number of methoxy groups -OCH3 is 1. The molecule has 0 fully saturated rings. The van der Waals surface area contributed by atoms with Gasteiger partial charge in [-0.05, 0) is 25.0 Å². The first-order valence-corrected chi connectivity index (χ1v) is 7.07. The number of anilines is 2. The third kappa shape index (κ3) is 1.92. The number of para-hydroxylation sites is 1. The Balaban J connectivity index is 2.07. The maximum absolute atomic E-state index is 11.1. The first-order chi connectivity index (χ1) is 9.61. The number of thiazole rings is 1. The number of aryl methyl sites for hydroxylation is 1. The summed E-state index contributed by atoms with van der Waals surface area (Å²) in [6, 6.07) is 5.95. The van der Waals surface area contributed by atoms with Crippen molar-refractivity contribution in [1.29, 1.82) is 0 Å². The highest BCUT2D eigenvalue weighted by Crippen LogP contribution is 2.43. The van der Waals surface area contributed by atoms with Gasteiger partial charge in [0.25, 0.3) is 0 Å². The number of carboxylic acids is 1. The van der Waals surface area contributed by atoms with Crippen LogP contribution in [0.15, 0.2) is 18.2 Å². The molecule has 0 bridgehead atoms. The summed E-state index contributed by atoms with van der Waals surface area (Å²) in [4.78, 5) is 17.9. The molecule has 1 aromatic heterocycles. The van der Waals surface area contributed by atoms with Crippen LogP contribution in [0.2, 0.25) is 0 Å². The number of aromatic carboxylic acids is 1. The van der Waals surface area contributed by atoms with Crippen LogP contribution in [-0.4, -0.2) is 29.7 Å². The topological polar surface area (TPSA) is 62.7 Å². The molecule has 2 aromatic rings. The Morgan fingerprint density at radius 2 is 2.30 bits per heavy atom. The summed E-state index contributed by atoms with van der Waals surface area (Å²) in [7, 11) is 1.64. The van der Waals surface area contributed by atoms with Crippen molar-refractivity contribution < 1.29 is 14.6 Å². The zero-order valence-corrected chi connectivity index (χ0v) is 12.0. The summed E-state index contributed by atoms with van der Waals surface area (Å²) >= 11 is 1.21. The summed E-state index contributed by atoms with van der Waals surface area (Å²) in [6.45, 7) is 2.52. The van der Waals surface area contributed by atoms with Gasteiger partial charge in [0.2, 0.25) is 0 Å². The summed E-state index contributed by atoms with van der Waals surface area (Å²) in [5, 5.41) is 9.86. The molecule has 0 aliphatic carbocycles. The van der Waals surface area contributed by atoms with Crippen LogP contribution in [0.4, 0.5) is 10.8 Å². The van der Waals surface area contributed by atoms with Crippen molar-refractivity contribution >= 4 is 28.1 Å². The molecule has 6 heteroatoms. The largest absolute Gasteiger partial charge is 0.495 e. The van der Waals surface area contributed by atoms with E-state index in [1.807, 2.05) is 17.0 Å². The fourth-order valence-electron chi connectivity index (χ4n) is 2.47. The molecular weight excluding hydrogens is 276 g/mol. The Morgan fingerprint density at radius 3 is 2.95 bits per heavy atom. The predicted octanol–water partition coefficient (Wildman–Crippen LogP) is 2.85. The minimum atomic E-state index is -0.925. The van der Waals surface area contributed by atoms with E-state index in [9.17, 15) is 4.79 Å². The number of carboxylic acid groups (broad SMARTS) is 1. The van der Waals surface area contributed by atoms with Gasteiger partial charge in [-0.2, -0.15) is 0 Å². The van der Waals surface area contributed by atoms with Crippen molar-refractivity contribution in [2.75, 3.05) is 18.6 Å². The molecule has 1 aromatic carbocycles. The van der Waals surface area contributed by atoms with Crippen molar-refractivity contribution in [2.24, 2.45) is 0 Å². The Hall–Kier alpha value is -2.08. The zero-order chi connectivity index (χ0) is 14.3. The minimum Gasteiger partial charge on any atom is -0.495 e. The average Bonchev–Trinajstić information content (AvgIpc) is 3.01. The van der Waals surface area contributed by atoms with Crippen LogP contribution in [0, 0.1) is 6.92 Å². The van der Waals surface area contributed by atoms with Crippen molar-refractivity contribution in [3.8, 4) is 5.75 Å². The lowest BCUT2D eigenvalue weighted by atomic mass is 10.1. The van der Waals surface area contributed by atoms with Crippen LogP contribution < -0.4 is 9.64 Å². The number of hydrogen-bond donors (Lipinski definition) is 1. The molecule has 3 rings (SSSR count). The van der Waals surface area contributed by atoms with Crippen molar-refractivity contribution in [1.82, 2.24) is 4.98 Å². The van der Waals surface area contributed by atoms with E-state index in [-0.39, 0.29) is 0 Å². The fraction of sp³-hybridized carbons (Fsp3) is 0.286. The highest BCUT2D eigenvalue weighted by Gasteiger charge is 2.27. The summed E-state index contributed by atoms with van der Waals surface area (Å²) < 4.78 is 5.41. The number of aromatic nitrogens is 1. The van der Waals surface area contributed by atoms with E-state index in [0.29, 0.717) is 15.7 Å². The van der Waals surface area contributed by atoms with Crippen LogP contribution in [0.1, 0.15) is 20.9 Å². The summed E-state index contributed by atoms with van der Waals surface area (Å²) in [5.74, 6) is -0.129. The standard InChI is InChI=1S/C14H14N2O3S/c1-8-12(13(17)18)20-14(15-8)16-7-6-9-4-3-5-10(19-2)11(9)16/h3-5H,6-7H2,1-2H3,(H,17,18). The molecule has 2 heterocycles. The highest BCUT2D eigenvalue weighted by atomic mass is 32.1. The summed E-state index contributed by atoms with van der Waals surface area (Å²) in [6.07, 6.45) is 0.910. The lowest BCUT2D eigenvalue weighted by Gasteiger charge is -2.18. The van der Waals surface area contributed by atoms with Gasteiger partial charge < -0.3 is 14.7 Å². The van der Waals surface area contributed by atoms with Gasteiger partial charge >= 0.3 is 5.97 Å². The smallest absolute Gasteiger partial charge is 0.347 e. The molecule has 0 radical (unpaired) electrons. The molecule has 1 aliphatic rings. The van der Waals surface area contributed by atoms with Gasteiger partial charge in [0.1, 0.15) is 10.6 Å². The van der Waals surface area contributed by atoms with E-state index in [4.69, 9.17) is 9.84 Å². The normalized spacial score (nSPS) is 13.4. The third-order valence-electron chi connectivity index (χ3n) is 3.39. The van der Waals surface area contributed by atoms with E-state index in [0.717, 1.165) is 24.4 Å². The third-order valence-corrected chi connectivity index (χ3v) is 4.56. The SMILES string of the molecule is COc1cccc2c1N(c1nc(C)c(C(=O)O)s1)CC2. The van der Waals surface area contributed by atoms with E-state index in [1.54, 1.807) is 14.0 Å². The molecule has 0 amide bonds. The van der Waals surface area contributed by atoms with E-state index >= 15 is 0 Å². The predicted molar refractivity (Wildman–Crippen MR) is 77.5 cm³/mol. The maximum atomic E-state index is 11.1. The van der Waals surface area contributed by atoms with Gasteiger partial charge in [-0.3, -0.25) is 0 Å². The van der Waals surface area contributed by atoms with Crippen LogP contribution in [0.3, 0.4) is 0 Å². The molecule has 0 spiro atoms. The Kier molecular flexibility index (Phi) is 3.10. The number of hydrogen-bond acceptors (Lipinski definition) is 5. The van der Waals surface area contributed by atoms with Crippen LogP contribution >= 0.6 is 11.3 Å². The molecule has 0 saturated carbocycles. The van der Waals surface area contributed by atoms with E-state index in [1.165, 1.54) is 16.9 Å². The van der Waals surface area contributed by atoms with Crippen LogP contribution in [-0.2, 0) is 6.42 Å². The van der Waals surface area contributed by atoms with E-state index < -0.39 is 5.97 Å². The lowest BCUT2D eigenvalue weighted by molar-refractivity contribution is 0.0701. The Morgan fingerprint density at radius 1 is 1.50 bits per heavy atom. The molecule has 0 unspecified atom stereocenters. The molecule has 20 heavy (non-hydrogen) atoms. The van der Waals surface area contributed by atoms with E-state index in [2.05, 4.69) is 11.1 Å². The first kappa shape index (κ1) is 12.9. The maximum Gasteiger partial charge on any atom is 0.347 e. The zero-order valence-electron chi connectivity index (χ0n) is 11.2. The fourth-order valence-corrected chi connectivity index (χ4v) is 3.41. The van der Waals surface area contributed by atoms with Crippen LogP contribution in [0.5, 0.6) is 5.75 Å². The van der Waals surface area contributed by atoms with Gasteiger partial charge in [-0.25, -0.2) is 9.78 Å². The van der Waals surface area contributed by atoms with Gasteiger partial charge in [-0.1, -0.05) is 23.5 Å². The van der Waals surface area contributed by atoms with Crippen molar-refractivity contribution in [3.63, 3.8) is 0 Å². The molecule has 1 N–H and O–H groups in total. The summed E-state index contributed by atoms with van der Waals surface area (Å²) in [5.41, 5.74) is 2.76. The number of benzene rings is 1. The number of fused-ring (bicyclic) bond motifs is 1. The number of carbonyl (C=O) groups is 1. The van der Waals surface area contributed by atoms with Gasteiger partial charge in [0.15, 0.2) is 5.13 Å². The van der Waals surface area contributed by atoms with Crippen molar-refractivity contribution in [3.05, 3.63) is 34.3 Å². The number of rotatable bonds is 3. The second-order valence-corrected chi connectivity index (χ2v) is 5.56. The van der Waals surface area contributed by atoms with Gasteiger partial charge in [0, 0.05) is 6.54 Å². The van der Waals surface area contributed by atoms with Gasteiger partial charge in [-0.15, -0.1) is 0 Å². The molecule has 1 aliphatic heterocycles. The molecule has 0 atom stereocenters. The monoisotopic (exact) mass is 290 g/mol. The minimum absolute atomic E-state index is 0.295. The average molecular weight is 290 g/mol. The second kappa shape index (κ2) is 4.79. The molecule has 5 nitrogen and oxygen atoms in total. The van der Waals surface area contributed by atoms with Crippen molar-refractivity contribution in [2.45, 2.75) is 13.3 Å². The molecular formula is C14H14N2O3S. The van der Waals surface area contributed by atoms with Crippen LogP contribution in [0.25, 0.3) is 0 Å². The number of nitrogens with zero attached hydrogens (tertiary/aromatic N) is 2.